The number of aliphatic hydroxyl groups is 1. The van der Waals surface area contributed by atoms with E-state index < -0.39 is 0 Å². The summed E-state index contributed by atoms with van der Waals surface area (Å²) in [5.41, 5.74) is 0.924. The molecule has 0 aliphatic heterocycles. The quantitative estimate of drug-likeness (QED) is 0.918. The molecule has 84 valence electrons. The molecule has 0 bridgehead atoms. The van der Waals surface area contributed by atoms with E-state index in [2.05, 4.69) is 10.2 Å². The van der Waals surface area contributed by atoms with Gasteiger partial charge in [0.2, 0.25) is 0 Å². The summed E-state index contributed by atoms with van der Waals surface area (Å²) < 4.78 is 5.52. The molecule has 0 saturated heterocycles. The van der Waals surface area contributed by atoms with Crippen LogP contribution in [0.1, 0.15) is 10.6 Å². The van der Waals surface area contributed by atoms with Crippen LogP contribution in [-0.2, 0) is 6.61 Å². The molecule has 0 saturated carbocycles. The number of halogens is 1. The summed E-state index contributed by atoms with van der Waals surface area (Å²) in [6, 6.07) is 5.33. The molecule has 0 unspecified atom stereocenters. The number of aromatic nitrogens is 2. The molecule has 0 fully saturated rings. The molecule has 16 heavy (non-hydrogen) atoms. The molecular weight excluding hydrogens is 248 g/mol. The van der Waals surface area contributed by atoms with Gasteiger partial charge in [0.15, 0.2) is 0 Å². The molecule has 1 N–H and O–H groups in total. The van der Waals surface area contributed by atoms with Crippen LogP contribution in [0.4, 0.5) is 0 Å². The second-order valence-corrected chi connectivity index (χ2v) is 4.59. The van der Waals surface area contributed by atoms with E-state index in [0.717, 1.165) is 5.56 Å². The molecule has 1 aromatic heterocycles. The third kappa shape index (κ3) is 2.49. The van der Waals surface area contributed by atoms with Gasteiger partial charge in [-0.05, 0) is 30.7 Å². The Morgan fingerprint density at radius 2 is 2.25 bits per heavy atom. The molecule has 0 aliphatic rings. The van der Waals surface area contributed by atoms with Gasteiger partial charge in [-0.15, -0.1) is 5.10 Å². The number of benzene rings is 1. The van der Waals surface area contributed by atoms with Crippen molar-refractivity contribution in [3.05, 3.63) is 33.8 Å². The topological polar surface area (TPSA) is 55.2 Å². The van der Waals surface area contributed by atoms with Crippen LogP contribution in [0.3, 0.4) is 0 Å². The van der Waals surface area contributed by atoms with Crippen LogP contribution in [0.15, 0.2) is 18.2 Å². The van der Waals surface area contributed by atoms with Crippen LogP contribution in [-0.4, -0.2) is 15.3 Å². The van der Waals surface area contributed by atoms with Crippen LogP contribution in [0, 0.1) is 6.92 Å². The molecule has 1 heterocycles. The first-order valence-corrected chi connectivity index (χ1v) is 5.75. The molecule has 0 radical (unpaired) electrons. The SMILES string of the molecule is Cc1cc(Cl)ccc1Oc1nnc(CO)s1. The van der Waals surface area contributed by atoms with Crippen LogP contribution in [0.5, 0.6) is 10.9 Å². The van der Waals surface area contributed by atoms with E-state index in [-0.39, 0.29) is 6.61 Å². The van der Waals surface area contributed by atoms with Crippen molar-refractivity contribution in [1.82, 2.24) is 10.2 Å². The average molecular weight is 257 g/mol. The highest BCUT2D eigenvalue weighted by molar-refractivity contribution is 7.13. The minimum atomic E-state index is -0.124. The lowest BCUT2D eigenvalue weighted by Gasteiger charge is -2.04. The van der Waals surface area contributed by atoms with Crippen molar-refractivity contribution in [3.63, 3.8) is 0 Å². The fourth-order valence-electron chi connectivity index (χ4n) is 1.16. The Bertz CT molecular complexity index is 501. The van der Waals surface area contributed by atoms with Gasteiger partial charge in [-0.1, -0.05) is 28.0 Å². The third-order valence-corrected chi connectivity index (χ3v) is 2.94. The number of aliphatic hydroxyl groups excluding tert-OH is 1. The van der Waals surface area contributed by atoms with Crippen molar-refractivity contribution in [1.29, 1.82) is 0 Å². The van der Waals surface area contributed by atoms with Crippen molar-refractivity contribution in [2.75, 3.05) is 0 Å². The first-order valence-electron chi connectivity index (χ1n) is 4.56. The van der Waals surface area contributed by atoms with Gasteiger partial charge in [0.1, 0.15) is 10.8 Å². The minimum absolute atomic E-state index is 0.124. The van der Waals surface area contributed by atoms with E-state index in [9.17, 15) is 0 Å². The van der Waals surface area contributed by atoms with Gasteiger partial charge in [0, 0.05) is 5.02 Å². The number of aryl methyl sites for hydroxylation is 1. The lowest BCUT2D eigenvalue weighted by atomic mass is 10.2. The van der Waals surface area contributed by atoms with E-state index in [1.807, 2.05) is 13.0 Å². The van der Waals surface area contributed by atoms with Gasteiger partial charge < -0.3 is 9.84 Å². The lowest BCUT2D eigenvalue weighted by Crippen LogP contribution is -1.86. The molecule has 0 atom stereocenters. The molecule has 0 spiro atoms. The predicted octanol–water partition coefficient (Wildman–Crippen LogP) is 2.78. The van der Waals surface area contributed by atoms with Gasteiger partial charge in [-0.3, -0.25) is 0 Å². The van der Waals surface area contributed by atoms with Gasteiger partial charge in [0.05, 0.1) is 6.61 Å². The second kappa shape index (κ2) is 4.78. The van der Waals surface area contributed by atoms with E-state index in [4.69, 9.17) is 21.4 Å². The van der Waals surface area contributed by atoms with E-state index >= 15 is 0 Å². The van der Waals surface area contributed by atoms with E-state index in [1.165, 1.54) is 11.3 Å². The Hall–Kier alpha value is -1.17. The van der Waals surface area contributed by atoms with E-state index in [1.54, 1.807) is 12.1 Å². The molecule has 2 rings (SSSR count). The van der Waals surface area contributed by atoms with Crippen molar-refractivity contribution < 1.29 is 9.84 Å². The zero-order valence-corrected chi connectivity index (χ0v) is 10.0. The first-order chi connectivity index (χ1) is 7.69. The van der Waals surface area contributed by atoms with Crippen molar-refractivity contribution in [2.45, 2.75) is 13.5 Å². The number of ether oxygens (including phenoxy) is 1. The summed E-state index contributed by atoms with van der Waals surface area (Å²) >= 11 is 7.05. The summed E-state index contributed by atoms with van der Waals surface area (Å²) in [6.07, 6.45) is 0. The Morgan fingerprint density at radius 1 is 1.44 bits per heavy atom. The zero-order valence-electron chi connectivity index (χ0n) is 8.48. The maximum atomic E-state index is 8.84. The molecular formula is C10H9ClN2O2S. The first kappa shape index (κ1) is 11.3. The molecule has 4 nitrogen and oxygen atoms in total. The summed E-state index contributed by atoms with van der Waals surface area (Å²) in [5.74, 6) is 0.685. The number of hydrogen-bond donors (Lipinski definition) is 1. The number of rotatable bonds is 3. The Morgan fingerprint density at radius 3 is 2.88 bits per heavy atom. The number of hydrogen-bond acceptors (Lipinski definition) is 5. The van der Waals surface area contributed by atoms with E-state index in [0.29, 0.717) is 21.0 Å². The Balaban J connectivity index is 2.20. The van der Waals surface area contributed by atoms with Crippen LogP contribution >= 0.6 is 22.9 Å². The summed E-state index contributed by atoms with van der Waals surface area (Å²) in [4.78, 5) is 0. The largest absolute Gasteiger partial charge is 0.430 e. The van der Waals surface area contributed by atoms with Crippen molar-refractivity contribution in [2.24, 2.45) is 0 Å². The molecule has 0 amide bonds. The molecule has 6 heteroatoms. The van der Waals surface area contributed by atoms with Crippen LogP contribution < -0.4 is 4.74 Å². The smallest absolute Gasteiger partial charge is 0.299 e. The average Bonchev–Trinajstić information content (AvgIpc) is 2.70. The standard InChI is InChI=1S/C10H9ClN2O2S/c1-6-4-7(11)2-3-8(6)15-10-13-12-9(5-14)16-10/h2-4,14H,5H2,1H3. The second-order valence-electron chi connectivity index (χ2n) is 3.13. The highest BCUT2D eigenvalue weighted by Gasteiger charge is 2.07. The predicted molar refractivity (Wildman–Crippen MR) is 62.1 cm³/mol. The highest BCUT2D eigenvalue weighted by atomic mass is 35.5. The third-order valence-electron chi connectivity index (χ3n) is 1.92. The summed E-state index contributed by atoms with van der Waals surface area (Å²) in [7, 11) is 0. The monoisotopic (exact) mass is 256 g/mol. The Kier molecular flexibility index (Phi) is 3.38. The normalized spacial score (nSPS) is 10.4. The number of nitrogens with zero attached hydrogens (tertiary/aromatic N) is 2. The fourth-order valence-corrected chi connectivity index (χ4v) is 1.95. The maximum Gasteiger partial charge on any atom is 0.299 e. The van der Waals surface area contributed by atoms with Gasteiger partial charge in [0.25, 0.3) is 5.19 Å². The van der Waals surface area contributed by atoms with Crippen LogP contribution in [0.2, 0.25) is 5.02 Å². The maximum absolute atomic E-state index is 8.84. The summed E-state index contributed by atoms with van der Waals surface area (Å²) in [6.45, 7) is 1.77. The lowest BCUT2D eigenvalue weighted by molar-refractivity contribution is 0.280. The van der Waals surface area contributed by atoms with Crippen molar-refractivity contribution >= 4 is 22.9 Å². The van der Waals surface area contributed by atoms with Gasteiger partial charge in [-0.25, -0.2) is 0 Å². The summed E-state index contributed by atoms with van der Waals surface area (Å²) in [5, 5.41) is 18.0. The highest BCUT2D eigenvalue weighted by Crippen LogP contribution is 2.29. The van der Waals surface area contributed by atoms with Crippen LogP contribution in [0.25, 0.3) is 0 Å². The molecule has 0 aliphatic carbocycles. The minimum Gasteiger partial charge on any atom is -0.430 e. The Labute approximate surface area is 101 Å². The van der Waals surface area contributed by atoms with Gasteiger partial charge >= 0.3 is 0 Å². The molecule has 1 aromatic carbocycles. The van der Waals surface area contributed by atoms with Crippen molar-refractivity contribution in [3.8, 4) is 10.9 Å². The molecule has 2 aromatic rings. The van der Waals surface area contributed by atoms with Gasteiger partial charge in [-0.2, -0.15) is 0 Å². The zero-order chi connectivity index (χ0) is 11.5. The fraction of sp³-hybridized carbons (Fsp3) is 0.200.